The van der Waals surface area contributed by atoms with E-state index < -0.39 is 21.8 Å². The van der Waals surface area contributed by atoms with Crippen molar-refractivity contribution in [1.29, 1.82) is 0 Å². The summed E-state index contributed by atoms with van der Waals surface area (Å²) in [6.07, 6.45) is -3.91. The van der Waals surface area contributed by atoms with Gasteiger partial charge in [-0.2, -0.15) is 13.2 Å². The van der Waals surface area contributed by atoms with Gasteiger partial charge in [-0.3, -0.25) is 9.52 Å². The molecule has 0 unspecified atom stereocenters. The van der Waals surface area contributed by atoms with Crippen LogP contribution in [0.2, 0.25) is 0 Å². The first-order valence-corrected chi connectivity index (χ1v) is 11.3. The normalized spacial score (nSPS) is 14.0. The fourth-order valence-electron chi connectivity index (χ4n) is 3.59. The van der Waals surface area contributed by atoms with E-state index in [9.17, 15) is 26.4 Å². The van der Waals surface area contributed by atoms with Crippen LogP contribution in [-0.2, 0) is 29.2 Å². The molecule has 0 saturated carbocycles. The highest BCUT2D eigenvalue weighted by Crippen LogP contribution is 2.30. The van der Waals surface area contributed by atoms with E-state index in [1.165, 1.54) is 0 Å². The standard InChI is InChI=1S/C23H19F3N2O3S/c24-23(25,26)19-7-10-21(11-8-19)32(30,31)27-20-9-6-16-12-13-28(15-18(16)14-20)22(29)17-4-2-1-3-5-17/h1-11,14,27H,12-13,15H2. The molecule has 4 rings (SSSR count). The predicted molar refractivity (Wildman–Crippen MR) is 114 cm³/mol. The van der Waals surface area contributed by atoms with Gasteiger partial charge in [-0.1, -0.05) is 24.3 Å². The van der Waals surface area contributed by atoms with Crippen LogP contribution in [0.3, 0.4) is 0 Å². The number of anilines is 1. The first-order valence-electron chi connectivity index (χ1n) is 9.80. The van der Waals surface area contributed by atoms with E-state index in [1.54, 1.807) is 47.4 Å². The molecular weight excluding hydrogens is 441 g/mol. The van der Waals surface area contributed by atoms with Crippen molar-refractivity contribution in [2.24, 2.45) is 0 Å². The van der Waals surface area contributed by atoms with Gasteiger partial charge in [0.15, 0.2) is 0 Å². The molecule has 1 aliphatic rings. The summed E-state index contributed by atoms with van der Waals surface area (Å²) >= 11 is 0. The maximum absolute atomic E-state index is 12.7. The van der Waals surface area contributed by atoms with Gasteiger partial charge >= 0.3 is 6.18 Å². The summed E-state index contributed by atoms with van der Waals surface area (Å²) in [4.78, 5) is 14.2. The van der Waals surface area contributed by atoms with Crippen molar-refractivity contribution in [3.8, 4) is 0 Å². The molecular formula is C23H19F3N2O3S. The Kier molecular flexibility index (Phi) is 5.68. The number of alkyl halides is 3. The average molecular weight is 460 g/mol. The molecule has 0 saturated heterocycles. The Morgan fingerprint density at radius 3 is 2.25 bits per heavy atom. The number of nitrogens with zero attached hydrogens (tertiary/aromatic N) is 1. The molecule has 32 heavy (non-hydrogen) atoms. The maximum Gasteiger partial charge on any atom is 0.416 e. The number of hydrogen-bond donors (Lipinski definition) is 1. The van der Waals surface area contributed by atoms with Crippen molar-refractivity contribution in [1.82, 2.24) is 4.90 Å². The number of halogens is 3. The Bertz CT molecular complexity index is 1240. The van der Waals surface area contributed by atoms with Crippen LogP contribution in [0.4, 0.5) is 18.9 Å². The van der Waals surface area contributed by atoms with Crippen LogP contribution >= 0.6 is 0 Å². The van der Waals surface area contributed by atoms with Crippen LogP contribution in [0.5, 0.6) is 0 Å². The molecule has 166 valence electrons. The van der Waals surface area contributed by atoms with Gasteiger partial charge in [-0.05, 0) is 66.1 Å². The van der Waals surface area contributed by atoms with E-state index in [4.69, 9.17) is 0 Å². The summed E-state index contributed by atoms with van der Waals surface area (Å²) in [6, 6.07) is 17.3. The van der Waals surface area contributed by atoms with Crippen LogP contribution in [0.15, 0.2) is 77.7 Å². The van der Waals surface area contributed by atoms with Crippen molar-refractivity contribution < 1.29 is 26.4 Å². The molecule has 0 aromatic heterocycles. The summed E-state index contributed by atoms with van der Waals surface area (Å²) in [5.41, 5.74) is 1.76. The molecule has 5 nitrogen and oxygen atoms in total. The van der Waals surface area contributed by atoms with Crippen LogP contribution in [-0.4, -0.2) is 25.8 Å². The Morgan fingerprint density at radius 2 is 1.59 bits per heavy atom. The SMILES string of the molecule is O=C(c1ccccc1)N1CCc2ccc(NS(=O)(=O)c3ccc(C(F)(F)F)cc3)cc2C1. The highest BCUT2D eigenvalue weighted by atomic mass is 32.2. The molecule has 0 aliphatic carbocycles. The summed E-state index contributed by atoms with van der Waals surface area (Å²) in [5.74, 6) is -0.105. The van der Waals surface area contributed by atoms with E-state index in [1.807, 2.05) is 6.07 Å². The van der Waals surface area contributed by atoms with Crippen molar-refractivity contribution >= 4 is 21.6 Å². The van der Waals surface area contributed by atoms with E-state index in [0.29, 0.717) is 25.1 Å². The second kappa shape index (κ2) is 8.31. The van der Waals surface area contributed by atoms with Crippen LogP contribution in [0.25, 0.3) is 0 Å². The second-order valence-electron chi connectivity index (χ2n) is 7.45. The number of rotatable bonds is 4. The lowest BCUT2D eigenvalue weighted by atomic mass is 9.98. The molecule has 1 amide bonds. The number of fused-ring (bicyclic) bond motifs is 1. The van der Waals surface area contributed by atoms with Gasteiger partial charge < -0.3 is 4.90 Å². The zero-order chi connectivity index (χ0) is 22.9. The zero-order valence-electron chi connectivity index (χ0n) is 16.8. The molecule has 9 heteroatoms. The molecule has 3 aromatic carbocycles. The zero-order valence-corrected chi connectivity index (χ0v) is 17.6. The highest BCUT2D eigenvalue weighted by Gasteiger charge is 2.30. The Balaban J connectivity index is 1.52. The number of sulfonamides is 1. The van der Waals surface area contributed by atoms with Crippen LogP contribution < -0.4 is 4.72 Å². The van der Waals surface area contributed by atoms with Gasteiger partial charge in [0.1, 0.15) is 0 Å². The molecule has 1 heterocycles. The topological polar surface area (TPSA) is 66.5 Å². The molecule has 1 N–H and O–H groups in total. The Labute approximate surface area is 183 Å². The number of amides is 1. The van der Waals surface area contributed by atoms with Crippen molar-refractivity contribution in [2.75, 3.05) is 11.3 Å². The Hall–Kier alpha value is -3.33. The lowest BCUT2D eigenvalue weighted by molar-refractivity contribution is -0.137. The highest BCUT2D eigenvalue weighted by molar-refractivity contribution is 7.92. The molecule has 0 fully saturated rings. The van der Waals surface area contributed by atoms with E-state index in [-0.39, 0.29) is 16.5 Å². The third-order valence-corrected chi connectivity index (χ3v) is 6.67. The van der Waals surface area contributed by atoms with Gasteiger partial charge in [0.05, 0.1) is 10.5 Å². The monoisotopic (exact) mass is 460 g/mol. The van der Waals surface area contributed by atoms with Crippen molar-refractivity contribution in [3.63, 3.8) is 0 Å². The predicted octanol–water partition coefficient (Wildman–Crippen LogP) is 4.70. The largest absolute Gasteiger partial charge is 0.416 e. The van der Waals surface area contributed by atoms with Gasteiger partial charge in [-0.15, -0.1) is 0 Å². The number of hydrogen-bond acceptors (Lipinski definition) is 3. The van der Waals surface area contributed by atoms with Gasteiger partial charge in [0.2, 0.25) is 0 Å². The lowest BCUT2D eigenvalue weighted by Gasteiger charge is -2.29. The number of carbonyl (C=O) groups is 1. The summed E-state index contributed by atoms with van der Waals surface area (Å²) in [5, 5.41) is 0. The van der Waals surface area contributed by atoms with Gasteiger partial charge in [0.25, 0.3) is 15.9 Å². The fraction of sp³-hybridized carbons (Fsp3) is 0.174. The third kappa shape index (κ3) is 4.62. The molecule has 3 aromatic rings. The van der Waals surface area contributed by atoms with Crippen molar-refractivity contribution in [2.45, 2.75) is 24.0 Å². The number of carbonyl (C=O) groups excluding carboxylic acids is 1. The maximum atomic E-state index is 12.7. The number of nitrogens with one attached hydrogen (secondary N) is 1. The summed E-state index contributed by atoms with van der Waals surface area (Å²) in [7, 11) is -4.07. The minimum absolute atomic E-state index is 0.105. The van der Waals surface area contributed by atoms with Crippen LogP contribution in [0, 0.1) is 0 Å². The first kappa shape index (κ1) is 21.9. The van der Waals surface area contributed by atoms with E-state index in [0.717, 1.165) is 35.4 Å². The number of benzene rings is 3. The molecule has 0 radical (unpaired) electrons. The second-order valence-corrected chi connectivity index (χ2v) is 9.14. The van der Waals surface area contributed by atoms with Gasteiger partial charge in [-0.25, -0.2) is 8.42 Å². The smallest absolute Gasteiger partial charge is 0.334 e. The van der Waals surface area contributed by atoms with Crippen LogP contribution in [0.1, 0.15) is 27.0 Å². The third-order valence-electron chi connectivity index (χ3n) is 5.27. The van der Waals surface area contributed by atoms with Crippen molar-refractivity contribution in [3.05, 3.63) is 95.1 Å². The molecule has 1 aliphatic heterocycles. The lowest BCUT2D eigenvalue weighted by Crippen LogP contribution is -2.36. The molecule has 0 bridgehead atoms. The minimum Gasteiger partial charge on any atom is -0.334 e. The van der Waals surface area contributed by atoms with E-state index in [2.05, 4.69) is 4.72 Å². The average Bonchev–Trinajstić information content (AvgIpc) is 2.78. The first-order chi connectivity index (χ1) is 15.1. The molecule has 0 spiro atoms. The Morgan fingerprint density at radius 1 is 0.906 bits per heavy atom. The summed E-state index contributed by atoms with van der Waals surface area (Å²) in [6.45, 7) is 0.885. The minimum atomic E-state index is -4.54. The molecule has 0 atom stereocenters. The van der Waals surface area contributed by atoms with Gasteiger partial charge in [0, 0.05) is 24.3 Å². The quantitative estimate of drug-likeness (QED) is 0.614. The fourth-order valence-corrected chi connectivity index (χ4v) is 4.64. The van der Waals surface area contributed by atoms with E-state index >= 15 is 0 Å². The summed E-state index contributed by atoms with van der Waals surface area (Å²) < 4.78 is 65.8.